The fourth-order valence-corrected chi connectivity index (χ4v) is 2.40. The lowest BCUT2D eigenvalue weighted by Gasteiger charge is -2.23. The van der Waals surface area contributed by atoms with Gasteiger partial charge in [-0.05, 0) is 37.1 Å². The molecule has 0 aromatic heterocycles. The van der Waals surface area contributed by atoms with Crippen molar-refractivity contribution in [3.63, 3.8) is 0 Å². The molecule has 0 aliphatic carbocycles. The van der Waals surface area contributed by atoms with Crippen molar-refractivity contribution >= 4 is 21.8 Å². The molecule has 0 N–H and O–H groups in total. The molecule has 0 radical (unpaired) electrons. The van der Waals surface area contributed by atoms with Crippen molar-refractivity contribution < 1.29 is 14.3 Å². The van der Waals surface area contributed by atoms with Gasteiger partial charge in [-0.2, -0.15) is 0 Å². The fourth-order valence-electron chi connectivity index (χ4n) is 2.14. The Balaban J connectivity index is 1.85. The number of rotatable bonds is 4. The molecule has 0 saturated carbocycles. The third-order valence-corrected chi connectivity index (χ3v) is 3.86. The van der Waals surface area contributed by atoms with Crippen LogP contribution < -0.4 is 4.74 Å². The van der Waals surface area contributed by atoms with E-state index in [1.807, 2.05) is 29.2 Å². The lowest BCUT2D eigenvalue weighted by atomic mass is 10.2. The first-order chi connectivity index (χ1) is 9.69. The van der Waals surface area contributed by atoms with E-state index in [0.29, 0.717) is 12.3 Å². The van der Waals surface area contributed by atoms with Crippen LogP contribution in [0.15, 0.2) is 28.7 Å². The van der Waals surface area contributed by atoms with E-state index in [1.165, 1.54) is 0 Å². The number of hydrogen-bond acceptors (Lipinski definition) is 3. The summed E-state index contributed by atoms with van der Waals surface area (Å²) >= 11 is 3.37. The van der Waals surface area contributed by atoms with Gasteiger partial charge < -0.3 is 14.4 Å². The predicted octanol–water partition coefficient (Wildman–Crippen LogP) is 2.86. The fraction of sp³-hybridized carbons (Fsp3) is 0.533. The zero-order valence-electron chi connectivity index (χ0n) is 11.7. The summed E-state index contributed by atoms with van der Waals surface area (Å²) in [5.41, 5.74) is 0. The van der Waals surface area contributed by atoms with Crippen molar-refractivity contribution in [3.05, 3.63) is 28.7 Å². The second-order valence-electron chi connectivity index (χ2n) is 4.84. The summed E-state index contributed by atoms with van der Waals surface area (Å²) in [7, 11) is 0. The molecule has 1 amide bonds. The van der Waals surface area contributed by atoms with E-state index in [0.717, 1.165) is 30.5 Å². The molecule has 1 aliphatic rings. The maximum Gasteiger partial charge on any atom is 0.260 e. The molecule has 0 bridgehead atoms. The quantitative estimate of drug-likeness (QED) is 0.845. The van der Waals surface area contributed by atoms with Gasteiger partial charge in [0, 0.05) is 24.2 Å². The minimum Gasteiger partial charge on any atom is -0.484 e. The van der Waals surface area contributed by atoms with Gasteiger partial charge in [-0.15, -0.1) is 0 Å². The molecule has 0 spiro atoms. The molecular formula is C15H20BrNO3. The highest BCUT2D eigenvalue weighted by Gasteiger charge is 2.21. The Labute approximate surface area is 128 Å². The lowest BCUT2D eigenvalue weighted by Crippen LogP contribution is -2.39. The van der Waals surface area contributed by atoms with Gasteiger partial charge in [0.05, 0.1) is 6.10 Å². The van der Waals surface area contributed by atoms with E-state index in [1.54, 1.807) is 0 Å². The second kappa shape index (κ2) is 7.64. The Morgan fingerprint density at radius 2 is 2.20 bits per heavy atom. The van der Waals surface area contributed by atoms with Crippen molar-refractivity contribution in [2.24, 2.45) is 0 Å². The number of nitrogens with zero attached hydrogens (tertiary/aromatic N) is 1. The standard InChI is InChI=1S/C15H20BrNO3/c1-2-13-10-17(8-3-9-19-13)15(18)11-20-14-6-4-12(16)5-7-14/h4-7,13H,2-3,8-11H2,1H3. The maximum absolute atomic E-state index is 12.2. The van der Waals surface area contributed by atoms with Crippen LogP contribution in [0.25, 0.3) is 0 Å². The topological polar surface area (TPSA) is 38.8 Å². The smallest absolute Gasteiger partial charge is 0.260 e. The van der Waals surface area contributed by atoms with E-state index in [4.69, 9.17) is 9.47 Å². The summed E-state index contributed by atoms with van der Waals surface area (Å²) in [4.78, 5) is 14.0. The molecule has 1 heterocycles. The highest BCUT2D eigenvalue weighted by atomic mass is 79.9. The molecule has 1 atom stereocenters. The van der Waals surface area contributed by atoms with Crippen molar-refractivity contribution in [2.45, 2.75) is 25.9 Å². The van der Waals surface area contributed by atoms with E-state index < -0.39 is 0 Å². The maximum atomic E-state index is 12.2. The number of benzene rings is 1. The Kier molecular flexibility index (Phi) is 5.86. The average Bonchev–Trinajstić information content (AvgIpc) is 2.72. The summed E-state index contributed by atoms with van der Waals surface area (Å²) in [6.45, 7) is 4.31. The largest absolute Gasteiger partial charge is 0.484 e. The van der Waals surface area contributed by atoms with Gasteiger partial charge in [-0.25, -0.2) is 0 Å². The first-order valence-electron chi connectivity index (χ1n) is 6.96. The molecular weight excluding hydrogens is 322 g/mol. The summed E-state index contributed by atoms with van der Waals surface area (Å²) in [5.74, 6) is 0.733. The third kappa shape index (κ3) is 4.49. The first-order valence-corrected chi connectivity index (χ1v) is 7.76. The van der Waals surface area contributed by atoms with Crippen molar-refractivity contribution in [1.82, 2.24) is 4.90 Å². The third-order valence-electron chi connectivity index (χ3n) is 3.33. The zero-order chi connectivity index (χ0) is 14.4. The molecule has 1 unspecified atom stereocenters. The van der Waals surface area contributed by atoms with Gasteiger partial charge in [-0.1, -0.05) is 22.9 Å². The van der Waals surface area contributed by atoms with Crippen LogP contribution in [0, 0.1) is 0 Å². The minimum absolute atomic E-state index is 0.0249. The Bertz CT molecular complexity index is 435. The van der Waals surface area contributed by atoms with E-state index in [2.05, 4.69) is 22.9 Å². The number of carbonyl (C=O) groups excluding carboxylic acids is 1. The Morgan fingerprint density at radius 3 is 2.90 bits per heavy atom. The van der Waals surface area contributed by atoms with Gasteiger partial charge in [-0.3, -0.25) is 4.79 Å². The molecule has 2 rings (SSSR count). The van der Waals surface area contributed by atoms with E-state index >= 15 is 0 Å². The molecule has 20 heavy (non-hydrogen) atoms. The first kappa shape index (κ1) is 15.3. The highest BCUT2D eigenvalue weighted by molar-refractivity contribution is 9.10. The van der Waals surface area contributed by atoms with Gasteiger partial charge in [0.25, 0.3) is 5.91 Å². The Morgan fingerprint density at radius 1 is 1.45 bits per heavy atom. The van der Waals surface area contributed by atoms with E-state index in [-0.39, 0.29) is 18.6 Å². The number of ether oxygens (including phenoxy) is 2. The summed E-state index contributed by atoms with van der Waals surface area (Å²) in [6, 6.07) is 7.48. The monoisotopic (exact) mass is 341 g/mol. The zero-order valence-corrected chi connectivity index (χ0v) is 13.3. The predicted molar refractivity (Wildman–Crippen MR) is 80.9 cm³/mol. The molecule has 1 fully saturated rings. The molecule has 5 heteroatoms. The molecule has 1 saturated heterocycles. The highest BCUT2D eigenvalue weighted by Crippen LogP contribution is 2.16. The van der Waals surface area contributed by atoms with Crippen LogP contribution in [0.2, 0.25) is 0 Å². The number of carbonyl (C=O) groups is 1. The molecule has 1 aromatic carbocycles. The molecule has 1 aromatic rings. The summed E-state index contributed by atoms with van der Waals surface area (Å²) in [5, 5.41) is 0. The molecule has 4 nitrogen and oxygen atoms in total. The van der Waals surface area contributed by atoms with Crippen LogP contribution >= 0.6 is 15.9 Å². The summed E-state index contributed by atoms with van der Waals surface area (Å²) < 4.78 is 12.2. The van der Waals surface area contributed by atoms with Gasteiger partial charge >= 0.3 is 0 Å². The van der Waals surface area contributed by atoms with Crippen LogP contribution in [0.1, 0.15) is 19.8 Å². The summed E-state index contributed by atoms with van der Waals surface area (Å²) in [6.07, 6.45) is 1.96. The van der Waals surface area contributed by atoms with Crippen LogP contribution in [-0.4, -0.2) is 43.2 Å². The van der Waals surface area contributed by atoms with E-state index in [9.17, 15) is 4.79 Å². The number of halogens is 1. The molecule has 1 aliphatic heterocycles. The van der Waals surface area contributed by atoms with Crippen LogP contribution in [-0.2, 0) is 9.53 Å². The van der Waals surface area contributed by atoms with Crippen molar-refractivity contribution in [2.75, 3.05) is 26.3 Å². The van der Waals surface area contributed by atoms with Crippen molar-refractivity contribution in [3.8, 4) is 5.75 Å². The SMILES string of the molecule is CCC1CN(C(=O)COc2ccc(Br)cc2)CCCO1. The van der Waals surface area contributed by atoms with Gasteiger partial charge in [0.1, 0.15) is 5.75 Å². The van der Waals surface area contributed by atoms with Crippen molar-refractivity contribution in [1.29, 1.82) is 0 Å². The Hall–Kier alpha value is -1.07. The van der Waals surface area contributed by atoms with Gasteiger partial charge in [0.15, 0.2) is 6.61 Å². The number of hydrogen-bond donors (Lipinski definition) is 0. The average molecular weight is 342 g/mol. The minimum atomic E-state index is 0.0249. The lowest BCUT2D eigenvalue weighted by molar-refractivity contribution is -0.134. The van der Waals surface area contributed by atoms with Gasteiger partial charge in [0.2, 0.25) is 0 Å². The van der Waals surface area contributed by atoms with Crippen LogP contribution in [0.3, 0.4) is 0 Å². The molecule has 110 valence electrons. The normalized spacial score (nSPS) is 19.5. The van der Waals surface area contributed by atoms with Crippen LogP contribution in [0.4, 0.5) is 0 Å². The number of amides is 1. The second-order valence-corrected chi connectivity index (χ2v) is 5.75. The van der Waals surface area contributed by atoms with Crippen LogP contribution in [0.5, 0.6) is 5.75 Å².